The molecule has 0 aliphatic heterocycles. The van der Waals surface area contributed by atoms with E-state index in [2.05, 4.69) is 9.71 Å². The maximum Gasteiger partial charge on any atom is 0.240 e. The molecule has 1 aromatic heterocycles. The van der Waals surface area contributed by atoms with Crippen LogP contribution in [0.5, 0.6) is 0 Å². The van der Waals surface area contributed by atoms with Gasteiger partial charge < -0.3 is 0 Å². The molecule has 0 spiro atoms. The summed E-state index contributed by atoms with van der Waals surface area (Å²) in [6.07, 6.45) is 3.44. The summed E-state index contributed by atoms with van der Waals surface area (Å²) in [5, 5.41) is 0.125. The van der Waals surface area contributed by atoms with E-state index in [4.69, 9.17) is 11.6 Å². The van der Waals surface area contributed by atoms with Crippen LogP contribution in [0.4, 0.5) is 0 Å². The topological polar surface area (TPSA) is 76.1 Å². The Hall–Kier alpha value is -0.500. The van der Waals surface area contributed by atoms with Gasteiger partial charge in [-0.05, 0) is 25.5 Å². The highest BCUT2D eigenvalue weighted by molar-refractivity contribution is 7.89. The number of sulfonamides is 1. The van der Waals surface area contributed by atoms with Gasteiger partial charge in [0.15, 0.2) is 0 Å². The average Bonchev–Trinajstić information content (AvgIpc) is 2.26. The maximum atomic E-state index is 12.0. The molecule has 0 saturated heterocycles. The van der Waals surface area contributed by atoms with Crippen LogP contribution in [-0.2, 0) is 20.8 Å². The third-order valence-electron chi connectivity index (χ3n) is 2.20. The number of hydrogen-bond acceptors (Lipinski definition) is 4. The molecule has 1 N–H and O–H groups in total. The second-order valence-corrected chi connectivity index (χ2v) is 7.56. The van der Waals surface area contributed by atoms with Gasteiger partial charge in [0.1, 0.15) is 5.15 Å². The molecule has 1 rings (SSSR count). The predicted molar refractivity (Wildman–Crippen MR) is 72.6 cm³/mol. The quantitative estimate of drug-likeness (QED) is 0.800. The minimum atomic E-state index is -3.60. The lowest BCUT2D eigenvalue weighted by atomic mass is 10.3. The van der Waals surface area contributed by atoms with E-state index in [0.717, 1.165) is 0 Å². The summed E-state index contributed by atoms with van der Waals surface area (Å²) in [5.74, 6) is 0.459. The van der Waals surface area contributed by atoms with E-state index < -0.39 is 20.8 Å². The third kappa shape index (κ3) is 5.01. The molecule has 0 amide bonds. The van der Waals surface area contributed by atoms with E-state index in [1.54, 1.807) is 13.2 Å². The zero-order chi connectivity index (χ0) is 13.8. The predicted octanol–water partition coefficient (Wildman–Crippen LogP) is 1.17. The van der Waals surface area contributed by atoms with Crippen molar-refractivity contribution in [3.8, 4) is 0 Å². The van der Waals surface area contributed by atoms with Crippen molar-refractivity contribution in [2.45, 2.75) is 24.3 Å². The van der Waals surface area contributed by atoms with Crippen molar-refractivity contribution in [2.75, 3.05) is 12.0 Å². The highest BCUT2D eigenvalue weighted by atomic mass is 35.5. The summed E-state index contributed by atoms with van der Waals surface area (Å²) >= 11 is 5.65. The lowest BCUT2D eigenvalue weighted by Gasteiger charge is -2.13. The molecular weight excluding hydrogens is 296 g/mol. The molecular formula is C10H15ClN2O3S2. The van der Waals surface area contributed by atoms with Gasteiger partial charge in [0.05, 0.1) is 4.90 Å². The fraction of sp³-hybridized carbons (Fsp3) is 0.500. The summed E-state index contributed by atoms with van der Waals surface area (Å²) < 4.78 is 37.4. The first-order valence-corrected chi connectivity index (χ1v) is 8.84. The minimum Gasteiger partial charge on any atom is -0.260 e. The fourth-order valence-corrected chi connectivity index (χ4v) is 3.50. The largest absolute Gasteiger partial charge is 0.260 e. The van der Waals surface area contributed by atoms with Gasteiger partial charge in [0.2, 0.25) is 10.0 Å². The van der Waals surface area contributed by atoms with Crippen LogP contribution in [0.2, 0.25) is 5.15 Å². The van der Waals surface area contributed by atoms with Crippen molar-refractivity contribution < 1.29 is 12.6 Å². The van der Waals surface area contributed by atoms with E-state index in [-0.39, 0.29) is 16.1 Å². The van der Waals surface area contributed by atoms with E-state index in [0.29, 0.717) is 12.2 Å². The van der Waals surface area contributed by atoms with Crippen LogP contribution in [0, 0.1) is 0 Å². The van der Waals surface area contributed by atoms with Crippen molar-refractivity contribution in [1.82, 2.24) is 9.71 Å². The molecule has 0 saturated carbocycles. The lowest BCUT2D eigenvalue weighted by Crippen LogP contribution is -2.33. The smallest absolute Gasteiger partial charge is 0.240 e. The van der Waals surface area contributed by atoms with Crippen molar-refractivity contribution in [3.05, 3.63) is 23.5 Å². The molecule has 2 unspecified atom stereocenters. The zero-order valence-electron chi connectivity index (χ0n) is 10.1. The fourth-order valence-electron chi connectivity index (χ4n) is 1.29. The SMILES string of the molecule is CC(CCS(C)=O)NS(=O)(=O)c1ccnc(Cl)c1. The second-order valence-electron chi connectivity index (χ2n) is 3.90. The first-order valence-electron chi connectivity index (χ1n) is 5.25. The van der Waals surface area contributed by atoms with Crippen LogP contribution >= 0.6 is 11.6 Å². The van der Waals surface area contributed by atoms with Crippen LogP contribution in [-0.4, -0.2) is 35.7 Å². The first kappa shape index (κ1) is 15.6. The summed E-state index contributed by atoms with van der Waals surface area (Å²) in [7, 11) is -4.53. The number of nitrogens with zero attached hydrogens (tertiary/aromatic N) is 1. The highest BCUT2D eigenvalue weighted by Gasteiger charge is 2.17. The van der Waals surface area contributed by atoms with Crippen LogP contribution < -0.4 is 4.72 Å². The molecule has 0 bridgehead atoms. The number of pyridine rings is 1. The van der Waals surface area contributed by atoms with Crippen LogP contribution in [0.15, 0.2) is 23.2 Å². The molecule has 0 aliphatic carbocycles. The van der Waals surface area contributed by atoms with E-state index in [1.807, 2.05) is 0 Å². The van der Waals surface area contributed by atoms with Crippen LogP contribution in [0.25, 0.3) is 0 Å². The number of aromatic nitrogens is 1. The molecule has 0 radical (unpaired) electrons. The lowest BCUT2D eigenvalue weighted by molar-refractivity contribution is 0.555. The van der Waals surface area contributed by atoms with Gasteiger partial charge in [-0.15, -0.1) is 0 Å². The number of hydrogen-bond donors (Lipinski definition) is 1. The Bertz CT molecular complexity index is 534. The van der Waals surface area contributed by atoms with Gasteiger partial charge in [-0.1, -0.05) is 11.6 Å². The second kappa shape index (κ2) is 6.60. The Balaban J connectivity index is 2.73. The van der Waals surface area contributed by atoms with E-state index >= 15 is 0 Å². The molecule has 0 aromatic carbocycles. The number of halogens is 1. The Morgan fingerprint density at radius 2 is 2.22 bits per heavy atom. The Kier molecular flexibility index (Phi) is 5.71. The Morgan fingerprint density at radius 1 is 1.56 bits per heavy atom. The molecule has 1 heterocycles. The highest BCUT2D eigenvalue weighted by Crippen LogP contribution is 2.13. The van der Waals surface area contributed by atoms with E-state index in [9.17, 15) is 12.6 Å². The summed E-state index contributed by atoms with van der Waals surface area (Å²) in [5.41, 5.74) is 0. The van der Waals surface area contributed by atoms with Gasteiger partial charge in [-0.3, -0.25) is 4.21 Å². The van der Waals surface area contributed by atoms with Crippen molar-refractivity contribution in [2.24, 2.45) is 0 Å². The first-order chi connectivity index (χ1) is 8.31. The molecule has 18 heavy (non-hydrogen) atoms. The van der Waals surface area contributed by atoms with Crippen LogP contribution in [0.3, 0.4) is 0 Å². The van der Waals surface area contributed by atoms with Crippen molar-refractivity contribution >= 4 is 32.4 Å². The standard InChI is InChI=1S/C10H15ClN2O3S2/c1-8(4-6-17(2)14)13-18(15,16)9-3-5-12-10(11)7-9/h3,5,7-8,13H,4,6H2,1-2H3. The summed E-state index contributed by atoms with van der Waals surface area (Å²) in [6.45, 7) is 1.73. The van der Waals surface area contributed by atoms with Crippen molar-refractivity contribution in [1.29, 1.82) is 0 Å². The summed E-state index contributed by atoms with van der Waals surface area (Å²) in [4.78, 5) is 3.80. The number of rotatable bonds is 6. The van der Waals surface area contributed by atoms with Crippen molar-refractivity contribution in [3.63, 3.8) is 0 Å². The normalized spacial score (nSPS) is 15.3. The number of nitrogens with one attached hydrogen (secondary N) is 1. The molecule has 8 heteroatoms. The van der Waals surface area contributed by atoms with Gasteiger partial charge in [-0.25, -0.2) is 18.1 Å². The Labute approximate surface area is 114 Å². The van der Waals surface area contributed by atoms with Gasteiger partial charge >= 0.3 is 0 Å². The zero-order valence-corrected chi connectivity index (χ0v) is 12.5. The average molecular weight is 311 g/mol. The maximum absolute atomic E-state index is 12.0. The minimum absolute atomic E-state index is 0.0759. The monoisotopic (exact) mass is 310 g/mol. The van der Waals surface area contributed by atoms with Gasteiger partial charge in [0, 0.05) is 35.0 Å². The molecule has 0 fully saturated rings. The Morgan fingerprint density at radius 3 is 2.78 bits per heavy atom. The molecule has 1 aromatic rings. The van der Waals surface area contributed by atoms with E-state index in [1.165, 1.54) is 18.3 Å². The van der Waals surface area contributed by atoms with Gasteiger partial charge in [0.25, 0.3) is 0 Å². The molecule has 2 atom stereocenters. The van der Waals surface area contributed by atoms with Crippen LogP contribution in [0.1, 0.15) is 13.3 Å². The summed E-state index contributed by atoms with van der Waals surface area (Å²) in [6, 6.07) is 2.37. The molecule has 5 nitrogen and oxygen atoms in total. The molecule has 0 aliphatic rings. The van der Waals surface area contributed by atoms with Gasteiger partial charge in [-0.2, -0.15) is 0 Å². The molecule has 102 valence electrons. The third-order valence-corrected chi connectivity index (χ3v) is 4.81.